The van der Waals surface area contributed by atoms with E-state index in [1.807, 2.05) is 0 Å². The van der Waals surface area contributed by atoms with Crippen molar-refractivity contribution in [2.45, 2.75) is 40.2 Å². The van der Waals surface area contributed by atoms with Crippen LogP contribution < -0.4 is 17.2 Å². The van der Waals surface area contributed by atoms with E-state index in [-0.39, 0.29) is 18.0 Å². The summed E-state index contributed by atoms with van der Waals surface area (Å²) in [5.74, 6) is 2.96. The lowest BCUT2D eigenvalue weighted by Gasteiger charge is -2.65. The molecule has 5 atom stereocenters. The normalized spacial score (nSPS) is 42.0. The molecule has 0 aromatic heterocycles. The van der Waals surface area contributed by atoms with Gasteiger partial charge in [0.2, 0.25) is 5.96 Å². The molecule has 3 aliphatic rings. The van der Waals surface area contributed by atoms with E-state index in [2.05, 4.69) is 37.7 Å². The summed E-state index contributed by atoms with van der Waals surface area (Å²) in [6.07, 6.45) is 1.09. The number of fused-ring (bicyclic) bond motifs is 2. The summed E-state index contributed by atoms with van der Waals surface area (Å²) in [5, 5.41) is 0. The molecule has 0 heterocycles. The highest BCUT2D eigenvalue weighted by Gasteiger charge is 2.60. The quantitative estimate of drug-likeness (QED) is 0.476. The second kappa shape index (κ2) is 4.14. The summed E-state index contributed by atoms with van der Waals surface area (Å²) < 4.78 is 0. The van der Waals surface area contributed by atoms with Crippen molar-refractivity contribution in [3.05, 3.63) is 0 Å². The fourth-order valence-corrected chi connectivity index (χ4v) is 4.62. The van der Waals surface area contributed by atoms with Crippen LogP contribution in [0.1, 0.15) is 34.1 Å². The molecule has 0 aromatic carbocycles. The Morgan fingerprint density at radius 2 is 1.72 bits per heavy atom. The van der Waals surface area contributed by atoms with Gasteiger partial charge in [-0.05, 0) is 35.5 Å². The predicted molar refractivity (Wildman–Crippen MR) is 74.9 cm³/mol. The number of hydrogen-bond acceptors (Lipinski definition) is 1. The zero-order chi connectivity index (χ0) is 13.7. The third-order valence-electron chi connectivity index (χ3n) is 5.23. The molecule has 3 fully saturated rings. The number of nitrogens with zero attached hydrogens (tertiary/aromatic N) is 2. The van der Waals surface area contributed by atoms with Crippen molar-refractivity contribution >= 4 is 11.9 Å². The standard InChI is InChI=1S/C13H25N5/c1-6-8-5-9(17-12(16)18-11(14)15)7(2)10(6)13(8,3)4/h6-10H,5H2,1-4H3,(H6,14,15,16,17,18). The Morgan fingerprint density at radius 3 is 2.17 bits per heavy atom. The number of guanidine groups is 2. The van der Waals surface area contributed by atoms with E-state index in [0.717, 1.165) is 24.2 Å². The van der Waals surface area contributed by atoms with E-state index >= 15 is 0 Å². The van der Waals surface area contributed by atoms with Gasteiger partial charge >= 0.3 is 0 Å². The number of nitrogens with two attached hydrogens (primary N) is 3. The zero-order valence-corrected chi connectivity index (χ0v) is 11.7. The van der Waals surface area contributed by atoms with Crippen LogP contribution in [0.2, 0.25) is 0 Å². The average Bonchev–Trinajstić information content (AvgIpc) is 2.20. The minimum Gasteiger partial charge on any atom is -0.370 e. The van der Waals surface area contributed by atoms with Gasteiger partial charge in [-0.15, -0.1) is 0 Å². The van der Waals surface area contributed by atoms with Crippen molar-refractivity contribution in [3.63, 3.8) is 0 Å². The largest absolute Gasteiger partial charge is 0.370 e. The Morgan fingerprint density at radius 1 is 1.11 bits per heavy atom. The molecule has 18 heavy (non-hydrogen) atoms. The van der Waals surface area contributed by atoms with E-state index < -0.39 is 0 Å². The molecule has 5 nitrogen and oxygen atoms in total. The van der Waals surface area contributed by atoms with Crippen LogP contribution in [0.15, 0.2) is 9.98 Å². The van der Waals surface area contributed by atoms with Crippen LogP contribution in [0.3, 0.4) is 0 Å². The third kappa shape index (κ3) is 1.85. The monoisotopic (exact) mass is 251 g/mol. The van der Waals surface area contributed by atoms with Gasteiger partial charge in [-0.1, -0.05) is 27.7 Å². The SMILES string of the molecule is CC1C(N=C(N)N=C(N)N)CC2C(C)C1C2(C)C. The summed E-state index contributed by atoms with van der Waals surface area (Å²) >= 11 is 0. The maximum absolute atomic E-state index is 5.73. The van der Waals surface area contributed by atoms with Gasteiger partial charge in [-0.2, -0.15) is 4.99 Å². The zero-order valence-electron chi connectivity index (χ0n) is 11.7. The maximum atomic E-state index is 5.73. The first-order chi connectivity index (χ1) is 8.25. The van der Waals surface area contributed by atoms with E-state index in [9.17, 15) is 0 Å². The number of hydrogen-bond donors (Lipinski definition) is 3. The third-order valence-corrected chi connectivity index (χ3v) is 5.23. The second-order valence-corrected chi connectivity index (χ2v) is 6.50. The Labute approximate surface area is 109 Å². The van der Waals surface area contributed by atoms with E-state index in [1.54, 1.807) is 0 Å². The average molecular weight is 251 g/mol. The molecule has 2 bridgehead atoms. The smallest absolute Gasteiger partial charge is 0.218 e. The topological polar surface area (TPSA) is 103 Å². The van der Waals surface area contributed by atoms with Crippen LogP contribution in [0.25, 0.3) is 0 Å². The van der Waals surface area contributed by atoms with Crippen molar-refractivity contribution in [2.75, 3.05) is 0 Å². The maximum Gasteiger partial charge on any atom is 0.218 e. The Bertz CT molecular complexity index is 394. The summed E-state index contributed by atoms with van der Waals surface area (Å²) in [7, 11) is 0. The highest BCUT2D eigenvalue weighted by Crippen LogP contribution is 2.65. The first kappa shape index (κ1) is 13.2. The second-order valence-electron chi connectivity index (χ2n) is 6.50. The molecule has 3 aliphatic carbocycles. The van der Waals surface area contributed by atoms with Gasteiger partial charge in [0.1, 0.15) is 0 Å². The van der Waals surface area contributed by atoms with Gasteiger partial charge in [-0.3, -0.25) is 0 Å². The van der Waals surface area contributed by atoms with Gasteiger partial charge in [0.05, 0.1) is 6.04 Å². The molecule has 102 valence electrons. The van der Waals surface area contributed by atoms with Gasteiger partial charge in [0.25, 0.3) is 0 Å². The molecular weight excluding hydrogens is 226 g/mol. The van der Waals surface area contributed by atoms with Crippen LogP contribution in [0, 0.1) is 29.1 Å². The van der Waals surface area contributed by atoms with Gasteiger partial charge < -0.3 is 17.2 Å². The lowest BCUT2D eigenvalue weighted by molar-refractivity contribution is -0.164. The van der Waals surface area contributed by atoms with Gasteiger partial charge in [0, 0.05) is 0 Å². The van der Waals surface area contributed by atoms with Crippen LogP contribution >= 0.6 is 0 Å². The van der Waals surface area contributed by atoms with E-state index in [1.165, 1.54) is 0 Å². The Kier molecular flexibility index (Phi) is 3.03. The molecule has 6 N–H and O–H groups in total. The van der Waals surface area contributed by atoms with Crippen molar-refractivity contribution in [1.29, 1.82) is 0 Å². The number of rotatable bonds is 1. The molecule has 0 amide bonds. The lowest BCUT2D eigenvalue weighted by atomic mass is 9.40. The Balaban J connectivity index is 2.14. The van der Waals surface area contributed by atoms with Crippen molar-refractivity contribution < 1.29 is 0 Å². The number of aliphatic imine (C=N–C) groups is 2. The van der Waals surface area contributed by atoms with Gasteiger partial charge in [0.15, 0.2) is 5.96 Å². The molecule has 0 saturated heterocycles. The molecule has 5 unspecified atom stereocenters. The molecule has 5 heteroatoms. The van der Waals surface area contributed by atoms with Crippen LogP contribution in [0.5, 0.6) is 0 Å². The summed E-state index contributed by atoms with van der Waals surface area (Å²) in [6.45, 7) is 9.38. The summed E-state index contributed by atoms with van der Waals surface area (Å²) in [6, 6.07) is 0.257. The van der Waals surface area contributed by atoms with Crippen molar-refractivity contribution in [2.24, 2.45) is 56.3 Å². The molecule has 0 spiro atoms. The van der Waals surface area contributed by atoms with Gasteiger partial charge in [-0.25, -0.2) is 4.99 Å². The molecule has 0 aliphatic heterocycles. The van der Waals surface area contributed by atoms with Crippen LogP contribution in [-0.4, -0.2) is 18.0 Å². The predicted octanol–water partition coefficient (Wildman–Crippen LogP) is 0.891. The summed E-state index contributed by atoms with van der Waals surface area (Å²) in [5.41, 5.74) is 16.8. The molecular formula is C13H25N5. The fraction of sp³-hybridized carbons (Fsp3) is 0.846. The van der Waals surface area contributed by atoms with E-state index in [0.29, 0.717) is 11.3 Å². The molecule has 3 rings (SSSR count). The van der Waals surface area contributed by atoms with Crippen molar-refractivity contribution in [3.8, 4) is 0 Å². The first-order valence-corrected chi connectivity index (χ1v) is 6.68. The van der Waals surface area contributed by atoms with Crippen molar-refractivity contribution in [1.82, 2.24) is 0 Å². The minimum atomic E-state index is -0.0291. The molecule has 0 aromatic rings. The first-order valence-electron chi connectivity index (χ1n) is 6.68. The minimum absolute atomic E-state index is 0.0291. The molecule has 3 saturated carbocycles. The van der Waals surface area contributed by atoms with E-state index in [4.69, 9.17) is 17.2 Å². The lowest BCUT2D eigenvalue weighted by Crippen LogP contribution is -2.62. The molecule has 0 radical (unpaired) electrons. The highest BCUT2D eigenvalue weighted by atomic mass is 15.1. The van der Waals surface area contributed by atoms with Crippen LogP contribution in [-0.2, 0) is 0 Å². The highest BCUT2D eigenvalue weighted by molar-refractivity contribution is 5.92. The van der Waals surface area contributed by atoms with Crippen LogP contribution in [0.4, 0.5) is 0 Å². The Hall–Kier alpha value is -1.26. The summed E-state index contributed by atoms with van der Waals surface area (Å²) in [4.78, 5) is 8.29. The fourth-order valence-electron chi connectivity index (χ4n) is 4.62.